The first-order valence-electron chi connectivity index (χ1n) is 10.3. The predicted octanol–water partition coefficient (Wildman–Crippen LogP) is 2.95. The number of benzene rings is 2. The molecule has 8 nitrogen and oxygen atoms in total. The molecule has 0 fully saturated rings. The van der Waals surface area contributed by atoms with Gasteiger partial charge in [-0.05, 0) is 37.1 Å². The van der Waals surface area contributed by atoms with Crippen LogP contribution in [0.3, 0.4) is 0 Å². The van der Waals surface area contributed by atoms with E-state index in [-0.39, 0.29) is 18.2 Å². The number of rotatable bonds is 8. The topological polar surface area (TPSA) is 88.4 Å². The van der Waals surface area contributed by atoms with Gasteiger partial charge in [0.2, 0.25) is 15.9 Å². The summed E-state index contributed by atoms with van der Waals surface area (Å²) in [6.07, 6.45) is 2.04. The van der Waals surface area contributed by atoms with E-state index in [1.165, 1.54) is 27.9 Å². The highest BCUT2D eigenvalue weighted by Gasteiger charge is 2.26. The first kappa shape index (κ1) is 22.3. The number of thioether (sulfide) groups is 1. The lowest BCUT2D eigenvalue weighted by atomic mass is 10.2. The Labute approximate surface area is 192 Å². The van der Waals surface area contributed by atoms with Crippen LogP contribution in [0.4, 0.5) is 11.4 Å². The number of nitrogens with zero attached hydrogens (tertiary/aromatic N) is 5. The third kappa shape index (κ3) is 4.66. The summed E-state index contributed by atoms with van der Waals surface area (Å²) in [5, 5.41) is 9.08. The lowest BCUT2D eigenvalue weighted by molar-refractivity contribution is -0.116. The molecular weight excluding hydrogens is 446 g/mol. The van der Waals surface area contributed by atoms with Gasteiger partial charge in [-0.15, -0.1) is 10.2 Å². The van der Waals surface area contributed by atoms with E-state index in [9.17, 15) is 13.2 Å². The highest BCUT2D eigenvalue weighted by atomic mass is 32.2. The van der Waals surface area contributed by atoms with Crippen LogP contribution in [-0.2, 0) is 34.3 Å². The number of amides is 1. The van der Waals surface area contributed by atoms with Crippen molar-refractivity contribution in [3.63, 3.8) is 0 Å². The molecule has 0 unspecified atom stereocenters. The Bertz CT molecular complexity index is 1210. The normalized spacial score (nSPS) is 13.2. The van der Waals surface area contributed by atoms with Crippen LogP contribution in [0.15, 0.2) is 59.8 Å². The van der Waals surface area contributed by atoms with E-state index < -0.39 is 10.0 Å². The molecule has 1 amide bonds. The van der Waals surface area contributed by atoms with Gasteiger partial charge in [0.1, 0.15) is 0 Å². The van der Waals surface area contributed by atoms with E-state index in [0.29, 0.717) is 29.8 Å². The van der Waals surface area contributed by atoms with Crippen molar-refractivity contribution in [2.24, 2.45) is 0 Å². The van der Waals surface area contributed by atoms with Gasteiger partial charge in [-0.1, -0.05) is 48.2 Å². The highest BCUT2D eigenvalue weighted by molar-refractivity contribution is 7.99. The Morgan fingerprint density at radius 1 is 1.09 bits per heavy atom. The minimum Gasteiger partial charge on any atom is -0.311 e. The number of carbonyl (C=O) groups excluding carboxylic acids is 1. The van der Waals surface area contributed by atoms with Crippen molar-refractivity contribution in [2.75, 3.05) is 27.8 Å². The molecule has 0 N–H and O–H groups in total. The molecule has 0 saturated carbocycles. The first-order valence-corrected chi connectivity index (χ1v) is 13.2. The lowest BCUT2D eigenvalue weighted by Gasteiger charge is -2.22. The zero-order chi connectivity index (χ0) is 22.7. The average molecular weight is 472 g/mol. The molecule has 0 atom stereocenters. The molecule has 0 spiro atoms. The summed E-state index contributed by atoms with van der Waals surface area (Å²) in [6.45, 7) is 3.27. The molecule has 3 aromatic rings. The minimum absolute atomic E-state index is 0.0224. The summed E-state index contributed by atoms with van der Waals surface area (Å²) in [4.78, 5) is 14.7. The summed E-state index contributed by atoms with van der Waals surface area (Å²) in [5.74, 6) is 0.790. The maximum atomic E-state index is 12.8. The average Bonchev–Trinajstić information content (AvgIpc) is 3.39. The monoisotopic (exact) mass is 471 g/mol. The van der Waals surface area contributed by atoms with Gasteiger partial charge in [0.15, 0.2) is 11.0 Å². The fourth-order valence-corrected chi connectivity index (χ4v) is 5.54. The van der Waals surface area contributed by atoms with Crippen molar-refractivity contribution < 1.29 is 13.2 Å². The maximum Gasteiger partial charge on any atom is 0.237 e. The van der Waals surface area contributed by atoms with Crippen LogP contribution in [0.2, 0.25) is 0 Å². The molecule has 32 heavy (non-hydrogen) atoms. The van der Waals surface area contributed by atoms with Crippen LogP contribution in [0.1, 0.15) is 18.3 Å². The quantitative estimate of drug-likeness (QED) is 0.470. The molecule has 168 valence electrons. The van der Waals surface area contributed by atoms with Crippen LogP contribution < -0.4 is 9.21 Å². The first-order chi connectivity index (χ1) is 15.4. The Kier molecular flexibility index (Phi) is 6.52. The van der Waals surface area contributed by atoms with Gasteiger partial charge in [0.25, 0.3) is 0 Å². The van der Waals surface area contributed by atoms with E-state index in [1.54, 1.807) is 24.3 Å². The van der Waals surface area contributed by atoms with Crippen molar-refractivity contribution >= 4 is 39.1 Å². The molecule has 10 heteroatoms. The summed E-state index contributed by atoms with van der Waals surface area (Å²) in [7, 11) is -3.51. The van der Waals surface area contributed by atoms with Gasteiger partial charge < -0.3 is 9.47 Å². The molecule has 1 aliphatic rings. The van der Waals surface area contributed by atoms with Crippen molar-refractivity contribution in [2.45, 2.75) is 31.6 Å². The second-order valence-corrected chi connectivity index (χ2v) is 10.3. The Hall–Kier alpha value is -2.85. The fraction of sp³-hybridized carbons (Fsp3) is 0.318. The van der Waals surface area contributed by atoms with Gasteiger partial charge in [0, 0.05) is 18.8 Å². The van der Waals surface area contributed by atoms with E-state index >= 15 is 0 Å². The zero-order valence-electron chi connectivity index (χ0n) is 18.0. The number of carbonyl (C=O) groups is 1. The van der Waals surface area contributed by atoms with Crippen LogP contribution in [-0.4, -0.2) is 47.6 Å². The molecule has 0 aliphatic carbocycles. The SMILES string of the molecule is CCn1c(CN(c2ccccc2)S(C)(=O)=O)nnc1SCC(=O)N1CCc2ccccc21. The van der Waals surface area contributed by atoms with Gasteiger partial charge in [-0.2, -0.15) is 0 Å². The van der Waals surface area contributed by atoms with E-state index in [0.717, 1.165) is 12.1 Å². The summed E-state index contributed by atoms with van der Waals surface area (Å²) in [6, 6.07) is 16.9. The number of hydrogen-bond acceptors (Lipinski definition) is 6. The standard InChI is InChI=1S/C22H25N5O3S2/c1-3-25-20(15-27(32(2,29)30)18-10-5-4-6-11-18)23-24-22(25)31-16-21(28)26-14-13-17-9-7-8-12-19(17)26/h4-12H,3,13-16H2,1-2H3. The van der Waals surface area contributed by atoms with Gasteiger partial charge in [-0.25, -0.2) is 8.42 Å². The molecule has 2 heterocycles. The molecular formula is C22H25N5O3S2. The van der Waals surface area contributed by atoms with Crippen LogP contribution in [0.5, 0.6) is 0 Å². The largest absolute Gasteiger partial charge is 0.311 e. The van der Waals surface area contributed by atoms with E-state index in [1.807, 2.05) is 40.7 Å². The van der Waals surface area contributed by atoms with Gasteiger partial charge in [0.05, 0.1) is 24.2 Å². The van der Waals surface area contributed by atoms with Crippen molar-refractivity contribution in [3.8, 4) is 0 Å². The predicted molar refractivity (Wildman–Crippen MR) is 126 cm³/mol. The van der Waals surface area contributed by atoms with Crippen molar-refractivity contribution in [1.82, 2.24) is 14.8 Å². The number of aromatic nitrogens is 3. The van der Waals surface area contributed by atoms with Crippen molar-refractivity contribution in [1.29, 1.82) is 0 Å². The zero-order valence-corrected chi connectivity index (χ0v) is 19.6. The molecule has 2 aromatic carbocycles. The number of para-hydroxylation sites is 2. The van der Waals surface area contributed by atoms with Crippen LogP contribution in [0.25, 0.3) is 0 Å². The van der Waals surface area contributed by atoms with Crippen LogP contribution in [0, 0.1) is 0 Å². The second kappa shape index (κ2) is 9.33. The Morgan fingerprint density at radius 3 is 2.53 bits per heavy atom. The smallest absolute Gasteiger partial charge is 0.237 e. The summed E-state index contributed by atoms with van der Waals surface area (Å²) < 4.78 is 28.0. The molecule has 4 rings (SSSR count). The second-order valence-electron chi connectivity index (χ2n) is 7.46. The molecule has 0 bridgehead atoms. The third-order valence-electron chi connectivity index (χ3n) is 5.35. The molecule has 0 saturated heterocycles. The summed E-state index contributed by atoms with van der Waals surface area (Å²) >= 11 is 1.32. The molecule has 1 aliphatic heterocycles. The molecule has 1 aromatic heterocycles. The van der Waals surface area contributed by atoms with Crippen molar-refractivity contribution in [3.05, 3.63) is 66.0 Å². The fourth-order valence-electron chi connectivity index (χ4n) is 3.78. The Balaban J connectivity index is 1.49. The summed E-state index contributed by atoms with van der Waals surface area (Å²) in [5.41, 5.74) is 2.73. The highest BCUT2D eigenvalue weighted by Crippen LogP contribution is 2.29. The van der Waals surface area contributed by atoms with E-state index in [4.69, 9.17) is 0 Å². The van der Waals surface area contributed by atoms with Crippen LogP contribution >= 0.6 is 11.8 Å². The third-order valence-corrected chi connectivity index (χ3v) is 7.44. The van der Waals surface area contributed by atoms with Gasteiger partial charge >= 0.3 is 0 Å². The minimum atomic E-state index is -3.51. The maximum absolute atomic E-state index is 12.8. The number of hydrogen-bond donors (Lipinski definition) is 0. The molecule has 0 radical (unpaired) electrons. The Morgan fingerprint density at radius 2 is 1.81 bits per heavy atom. The number of fused-ring (bicyclic) bond motifs is 1. The van der Waals surface area contributed by atoms with Gasteiger partial charge in [-0.3, -0.25) is 9.10 Å². The lowest BCUT2D eigenvalue weighted by Crippen LogP contribution is -2.31. The number of anilines is 2. The van der Waals surface area contributed by atoms with E-state index in [2.05, 4.69) is 16.3 Å². The number of sulfonamides is 1.